The third-order valence-electron chi connectivity index (χ3n) is 2.73. The molecule has 4 N–H and O–H groups in total. The van der Waals surface area contributed by atoms with Crippen LogP contribution in [0.25, 0.3) is 0 Å². The van der Waals surface area contributed by atoms with Crippen LogP contribution in [-0.4, -0.2) is 17.0 Å². The summed E-state index contributed by atoms with van der Waals surface area (Å²) in [7, 11) is 0. The number of amides is 1. The Labute approximate surface area is 131 Å². The summed E-state index contributed by atoms with van der Waals surface area (Å²) in [6.07, 6.45) is 0. The summed E-state index contributed by atoms with van der Waals surface area (Å²) in [5.41, 5.74) is 6.96. The number of hydrogen-bond acceptors (Lipinski definition) is 3. The molecule has 21 heavy (non-hydrogen) atoms. The molecule has 2 aromatic rings. The van der Waals surface area contributed by atoms with Gasteiger partial charge in [0.1, 0.15) is 0 Å². The molecule has 0 atom stereocenters. The highest BCUT2D eigenvalue weighted by atomic mass is 35.5. The minimum Gasteiger partial charge on any atom is -0.409 e. The predicted molar refractivity (Wildman–Crippen MR) is 83.4 cm³/mol. The second-order valence-corrected chi connectivity index (χ2v) is 4.96. The molecule has 0 aliphatic carbocycles. The molecule has 0 bridgehead atoms. The maximum atomic E-state index is 12.1. The quantitative estimate of drug-likeness (QED) is 0.350. The van der Waals surface area contributed by atoms with Crippen LogP contribution in [0.2, 0.25) is 10.0 Å². The van der Waals surface area contributed by atoms with Gasteiger partial charge in [0.15, 0.2) is 5.84 Å². The Morgan fingerprint density at radius 3 is 2.24 bits per heavy atom. The first-order chi connectivity index (χ1) is 10.0. The van der Waals surface area contributed by atoms with E-state index in [1.165, 1.54) is 6.07 Å². The molecule has 7 heteroatoms. The molecular formula is C14H11Cl2N3O2. The molecule has 0 radical (unpaired) electrons. The number of carbonyl (C=O) groups is 1. The molecule has 0 aliphatic rings. The zero-order valence-electron chi connectivity index (χ0n) is 10.7. The van der Waals surface area contributed by atoms with Gasteiger partial charge in [-0.3, -0.25) is 4.79 Å². The van der Waals surface area contributed by atoms with Gasteiger partial charge < -0.3 is 16.3 Å². The first-order valence-electron chi connectivity index (χ1n) is 5.85. The summed E-state index contributed by atoms with van der Waals surface area (Å²) in [6.45, 7) is 0. The molecule has 5 nitrogen and oxygen atoms in total. The number of oxime groups is 1. The number of amidine groups is 1. The fraction of sp³-hybridized carbons (Fsp3) is 0. The molecule has 0 heterocycles. The van der Waals surface area contributed by atoms with Crippen molar-refractivity contribution in [2.24, 2.45) is 10.9 Å². The van der Waals surface area contributed by atoms with Crippen molar-refractivity contribution in [3.63, 3.8) is 0 Å². The second kappa shape index (κ2) is 6.47. The van der Waals surface area contributed by atoms with Crippen LogP contribution in [0.1, 0.15) is 15.9 Å². The highest BCUT2D eigenvalue weighted by Gasteiger charge is 2.08. The fourth-order valence-corrected chi connectivity index (χ4v) is 1.92. The van der Waals surface area contributed by atoms with Crippen molar-refractivity contribution in [2.75, 3.05) is 5.32 Å². The smallest absolute Gasteiger partial charge is 0.255 e. The van der Waals surface area contributed by atoms with E-state index in [4.69, 9.17) is 34.1 Å². The van der Waals surface area contributed by atoms with Gasteiger partial charge in [-0.15, -0.1) is 0 Å². The zero-order chi connectivity index (χ0) is 15.4. The van der Waals surface area contributed by atoms with Crippen LogP contribution in [0.5, 0.6) is 0 Å². The van der Waals surface area contributed by atoms with E-state index in [-0.39, 0.29) is 11.7 Å². The summed E-state index contributed by atoms with van der Waals surface area (Å²) in [5.74, 6) is -0.317. The number of halogens is 2. The van der Waals surface area contributed by atoms with Crippen molar-refractivity contribution in [3.8, 4) is 0 Å². The monoisotopic (exact) mass is 323 g/mol. The molecule has 0 fully saturated rings. The Morgan fingerprint density at radius 1 is 1.05 bits per heavy atom. The van der Waals surface area contributed by atoms with E-state index < -0.39 is 0 Å². The molecule has 0 saturated heterocycles. The highest BCUT2D eigenvalue weighted by Crippen LogP contribution is 2.23. The van der Waals surface area contributed by atoms with Crippen molar-refractivity contribution in [2.45, 2.75) is 0 Å². The summed E-state index contributed by atoms with van der Waals surface area (Å²) in [6, 6.07) is 11.2. The van der Waals surface area contributed by atoms with Gasteiger partial charge in [0.05, 0.1) is 10.0 Å². The summed E-state index contributed by atoms with van der Waals surface area (Å²) in [5, 5.41) is 14.9. The number of nitrogens with one attached hydrogen (secondary N) is 1. The molecule has 1 amide bonds. The van der Waals surface area contributed by atoms with Crippen LogP contribution in [0.3, 0.4) is 0 Å². The molecule has 0 aromatic heterocycles. The Morgan fingerprint density at radius 2 is 1.67 bits per heavy atom. The van der Waals surface area contributed by atoms with Gasteiger partial charge in [-0.05, 0) is 42.5 Å². The Kier molecular flexibility index (Phi) is 4.67. The Balaban J connectivity index is 2.14. The molecule has 0 unspecified atom stereocenters. The van der Waals surface area contributed by atoms with Crippen LogP contribution in [0, 0.1) is 0 Å². The number of nitrogens with two attached hydrogens (primary N) is 1. The van der Waals surface area contributed by atoms with Gasteiger partial charge in [-0.1, -0.05) is 28.4 Å². The molecule has 0 spiro atoms. The van der Waals surface area contributed by atoms with Crippen molar-refractivity contribution < 1.29 is 10.0 Å². The maximum absolute atomic E-state index is 12.1. The lowest BCUT2D eigenvalue weighted by Crippen LogP contribution is -2.14. The number of nitrogens with zero attached hydrogens (tertiary/aromatic N) is 1. The van der Waals surface area contributed by atoms with E-state index in [1.807, 2.05) is 0 Å². The van der Waals surface area contributed by atoms with Gasteiger partial charge in [0.2, 0.25) is 0 Å². The molecular weight excluding hydrogens is 313 g/mol. The van der Waals surface area contributed by atoms with Gasteiger partial charge in [-0.2, -0.15) is 0 Å². The lowest BCUT2D eigenvalue weighted by atomic mass is 10.1. The topological polar surface area (TPSA) is 87.7 Å². The normalized spacial score (nSPS) is 11.2. The summed E-state index contributed by atoms with van der Waals surface area (Å²) < 4.78 is 0. The fourth-order valence-electron chi connectivity index (χ4n) is 1.62. The van der Waals surface area contributed by atoms with Crippen LogP contribution in [-0.2, 0) is 0 Å². The number of rotatable bonds is 3. The van der Waals surface area contributed by atoms with E-state index in [9.17, 15) is 4.79 Å². The Hall–Kier alpha value is -2.24. The number of hydrogen-bond donors (Lipinski definition) is 3. The van der Waals surface area contributed by atoms with Gasteiger partial charge >= 0.3 is 0 Å². The first kappa shape index (κ1) is 15.2. The molecule has 108 valence electrons. The van der Waals surface area contributed by atoms with Crippen LogP contribution >= 0.6 is 23.2 Å². The maximum Gasteiger partial charge on any atom is 0.255 e. The van der Waals surface area contributed by atoms with E-state index in [1.54, 1.807) is 36.4 Å². The predicted octanol–water partition coefficient (Wildman–Crippen LogP) is 3.34. The van der Waals surface area contributed by atoms with Crippen molar-refractivity contribution in [1.29, 1.82) is 0 Å². The first-order valence-corrected chi connectivity index (χ1v) is 6.61. The third kappa shape index (κ3) is 3.65. The van der Waals surface area contributed by atoms with Crippen molar-refractivity contribution >= 4 is 40.6 Å². The zero-order valence-corrected chi connectivity index (χ0v) is 12.2. The SMILES string of the molecule is N/C(=N/O)c1ccc(NC(=O)c2ccc(Cl)c(Cl)c2)cc1. The largest absolute Gasteiger partial charge is 0.409 e. The molecule has 2 aromatic carbocycles. The highest BCUT2D eigenvalue weighted by molar-refractivity contribution is 6.42. The average molecular weight is 324 g/mol. The Bertz CT molecular complexity index is 700. The lowest BCUT2D eigenvalue weighted by molar-refractivity contribution is 0.102. The number of benzene rings is 2. The van der Waals surface area contributed by atoms with E-state index >= 15 is 0 Å². The third-order valence-corrected chi connectivity index (χ3v) is 3.47. The van der Waals surface area contributed by atoms with Crippen LogP contribution < -0.4 is 11.1 Å². The van der Waals surface area contributed by atoms with Gasteiger partial charge in [0.25, 0.3) is 5.91 Å². The van der Waals surface area contributed by atoms with Crippen molar-refractivity contribution in [1.82, 2.24) is 0 Å². The van der Waals surface area contributed by atoms with Gasteiger partial charge in [-0.25, -0.2) is 0 Å². The standard InChI is InChI=1S/C14H11Cl2N3O2/c15-11-6-3-9(7-12(11)16)14(20)18-10-4-1-8(2-5-10)13(17)19-21/h1-7,21H,(H2,17,19)(H,18,20). The summed E-state index contributed by atoms with van der Waals surface area (Å²) in [4.78, 5) is 12.1. The minimum atomic E-state index is -0.315. The number of anilines is 1. The molecule has 0 aliphatic heterocycles. The molecule has 2 rings (SSSR count). The second-order valence-electron chi connectivity index (χ2n) is 4.15. The minimum absolute atomic E-state index is 0.00244. The van der Waals surface area contributed by atoms with Crippen LogP contribution in [0.15, 0.2) is 47.6 Å². The van der Waals surface area contributed by atoms with E-state index in [0.29, 0.717) is 26.9 Å². The average Bonchev–Trinajstić information content (AvgIpc) is 2.50. The van der Waals surface area contributed by atoms with E-state index in [0.717, 1.165) is 0 Å². The molecule has 0 saturated carbocycles. The summed E-state index contributed by atoms with van der Waals surface area (Å²) >= 11 is 11.7. The van der Waals surface area contributed by atoms with Crippen molar-refractivity contribution in [3.05, 3.63) is 63.6 Å². The van der Waals surface area contributed by atoms with Gasteiger partial charge in [0, 0.05) is 16.8 Å². The van der Waals surface area contributed by atoms with E-state index in [2.05, 4.69) is 10.5 Å². The van der Waals surface area contributed by atoms with Crippen LogP contribution in [0.4, 0.5) is 5.69 Å². The lowest BCUT2D eigenvalue weighted by Gasteiger charge is -2.07. The number of carbonyl (C=O) groups excluding carboxylic acids is 1.